The first-order chi connectivity index (χ1) is 29.2. The molecule has 2 aliphatic heterocycles. The first-order valence-corrected chi connectivity index (χ1v) is 23.1. The number of hydrogen-bond acceptors (Lipinski definition) is 5. The molecular weight excluding hydrogens is 772 g/mol. The zero-order chi connectivity index (χ0) is 44.1. The van der Waals surface area contributed by atoms with Gasteiger partial charge in [0.05, 0.1) is 5.59 Å². The van der Waals surface area contributed by atoms with Crippen molar-refractivity contribution < 1.29 is 0 Å². The van der Waals surface area contributed by atoms with E-state index < -0.39 is 0 Å². The fourth-order valence-electron chi connectivity index (χ4n) is 9.09. The van der Waals surface area contributed by atoms with Crippen molar-refractivity contribution in [3.63, 3.8) is 0 Å². The molecule has 314 valence electrons. The predicted octanol–water partition coefficient (Wildman–Crippen LogP) is 14.2. The lowest BCUT2D eigenvalue weighted by Gasteiger charge is -2.43. The molecule has 0 fully saturated rings. The van der Waals surface area contributed by atoms with Gasteiger partial charge in [-0.3, -0.25) is 4.90 Å². The van der Waals surface area contributed by atoms with Crippen LogP contribution in [0, 0.1) is 6.92 Å². The number of nitrogens with zero attached hydrogens (tertiary/aromatic N) is 4. The van der Waals surface area contributed by atoms with Crippen molar-refractivity contribution in [2.75, 3.05) is 14.7 Å². The third kappa shape index (κ3) is 7.34. The molecule has 62 heavy (non-hydrogen) atoms. The van der Waals surface area contributed by atoms with Gasteiger partial charge in [0.1, 0.15) is 5.00 Å². The van der Waals surface area contributed by atoms with Crippen molar-refractivity contribution in [1.82, 2.24) is 4.98 Å². The lowest BCUT2D eigenvalue weighted by atomic mass is 9.35. The van der Waals surface area contributed by atoms with Gasteiger partial charge in [0, 0.05) is 39.8 Å². The molecule has 0 amide bonds. The Morgan fingerprint density at radius 3 is 1.50 bits per heavy atom. The molecule has 0 radical (unpaired) electrons. The van der Waals surface area contributed by atoms with Gasteiger partial charge in [0.15, 0.2) is 5.13 Å². The van der Waals surface area contributed by atoms with Crippen LogP contribution in [0.1, 0.15) is 111 Å². The van der Waals surface area contributed by atoms with Crippen LogP contribution in [0.25, 0.3) is 0 Å². The Balaban J connectivity index is 1.39. The average Bonchev–Trinajstić information content (AvgIpc) is 3.64. The van der Waals surface area contributed by atoms with Crippen LogP contribution in [0.15, 0.2) is 133 Å². The third-order valence-corrected chi connectivity index (χ3v) is 13.8. The lowest BCUT2D eigenvalue weighted by molar-refractivity contribution is 0.569. The van der Waals surface area contributed by atoms with E-state index in [1.54, 1.807) is 11.3 Å². The average molecular weight is 833 g/mol. The molecule has 0 aliphatic carbocycles. The van der Waals surface area contributed by atoms with Crippen LogP contribution in [0.2, 0.25) is 0 Å². The van der Waals surface area contributed by atoms with Gasteiger partial charge in [-0.15, -0.1) is 0 Å². The maximum absolute atomic E-state index is 5.88. The van der Waals surface area contributed by atoms with Crippen molar-refractivity contribution in [2.45, 2.75) is 112 Å². The van der Waals surface area contributed by atoms with Crippen LogP contribution in [0.4, 0.5) is 49.9 Å². The maximum atomic E-state index is 5.88. The van der Waals surface area contributed by atoms with Gasteiger partial charge in [-0.05, 0) is 134 Å². The number of aryl methyl sites for hydroxylation is 1. The number of fused-ring (bicyclic) bond motifs is 4. The normalized spacial score (nSPS) is 13.8. The minimum Gasteiger partial charge on any atom is -0.311 e. The molecule has 0 spiro atoms. The molecule has 0 N–H and O–H groups in total. The Morgan fingerprint density at radius 2 is 0.984 bits per heavy atom. The van der Waals surface area contributed by atoms with Crippen LogP contribution in [-0.4, -0.2) is 11.7 Å². The molecule has 0 unspecified atom stereocenters. The molecule has 0 saturated heterocycles. The van der Waals surface area contributed by atoms with Crippen molar-refractivity contribution >= 4 is 84.5 Å². The van der Waals surface area contributed by atoms with Crippen molar-refractivity contribution in [2.24, 2.45) is 0 Å². The van der Waals surface area contributed by atoms with Crippen molar-refractivity contribution in [3.8, 4) is 0 Å². The molecule has 1 aromatic heterocycles. The molecule has 3 heterocycles. The zero-order valence-electron chi connectivity index (χ0n) is 39.0. The monoisotopic (exact) mass is 832 g/mol. The third-order valence-electron chi connectivity index (χ3n) is 12.7. The molecule has 0 atom stereocenters. The Hall–Kier alpha value is -5.59. The Bertz CT molecular complexity index is 2720. The van der Waals surface area contributed by atoms with E-state index >= 15 is 0 Å². The van der Waals surface area contributed by atoms with Gasteiger partial charge in [-0.1, -0.05) is 161 Å². The molecule has 0 bridgehead atoms. The summed E-state index contributed by atoms with van der Waals surface area (Å²) in [5.74, 6) is 0. The summed E-state index contributed by atoms with van der Waals surface area (Å²) in [7, 11) is 0. The number of rotatable bonds is 5. The van der Waals surface area contributed by atoms with E-state index in [0.717, 1.165) is 32.8 Å². The number of thiazole rings is 1. The topological polar surface area (TPSA) is 22.6 Å². The second kappa shape index (κ2) is 14.8. The minimum absolute atomic E-state index is 0.0461. The van der Waals surface area contributed by atoms with Crippen LogP contribution in [-0.2, 0) is 21.7 Å². The molecule has 6 aromatic carbocycles. The summed E-state index contributed by atoms with van der Waals surface area (Å²) in [5.41, 5.74) is 18.2. The Kier molecular flexibility index (Phi) is 9.94. The van der Waals surface area contributed by atoms with Crippen LogP contribution in [0.5, 0.6) is 0 Å². The van der Waals surface area contributed by atoms with Gasteiger partial charge in [-0.25, -0.2) is 4.98 Å². The summed E-state index contributed by atoms with van der Waals surface area (Å²) in [5, 5.41) is 2.10. The summed E-state index contributed by atoms with van der Waals surface area (Å²) in [6.45, 7) is 30.0. The van der Waals surface area contributed by atoms with E-state index in [-0.39, 0.29) is 28.4 Å². The van der Waals surface area contributed by atoms with Crippen LogP contribution < -0.4 is 31.2 Å². The van der Waals surface area contributed by atoms with E-state index in [4.69, 9.17) is 4.98 Å². The molecular formula is C56H61BN4S. The zero-order valence-corrected chi connectivity index (χ0v) is 39.8. The minimum atomic E-state index is -0.0967. The van der Waals surface area contributed by atoms with E-state index in [2.05, 4.69) is 238 Å². The van der Waals surface area contributed by atoms with Gasteiger partial charge in [0.2, 0.25) is 0 Å². The fourth-order valence-corrected chi connectivity index (χ4v) is 10.3. The number of para-hydroxylation sites is 2. The highest BCUT2D eigenvalue weighted by Crippen LogP contribution is 2.50. The number of benzene rings is 6. The molecule has 9 rings (SSSR count). The predicted molar refractivity (Wildman–Crippen MR) is 270 cm³/mol. The quantitative estimate of drug-likeness (QED) is 0.161. The number of hydrogen-bond donors (Lipinski definition) is 0. The largest absolute Gasteiger partial charge is 0.311 e. The highest BCUT2D eigenvalue weighted by atomic mass is 32.1. The second-order valence-electron chi connectivity index (χ2n) is 21.6. The highest BCUT2D eigenvalue weighted by Gasteiger charge is 2.47. The molecule has 4 nitrogen and oxygen atoms in total. The van der Waals surface area contributed by atoms with Gasteiger partial charge in [-0.2, -0.15) is 0 Å². The molecule has 0 saturated carbocycles. The van der Waals surface area contributed by atoms with Crippen LogP contribution in [0.3, 0.4) is 0 Å². The summed E-state index contributed by atoms with van der Waals surface area (Å²) >= 11 is 1.79. The Labute approximate surface area is 375 Å². The SMILES string of the molecule is Cc1cc2c3c(c1)N(c1cc(C(C)(C)C)cc(C(C)(C)C)c1)c1sc(N(c4ccccc4)c4ccccc4)nc1B3c1cc(C(C)(C)C)ccc1N2c1ccc(C(C)(C)C)cc1. The van der Waals surface area contributed by atoms with E-state index in [9.17, 15) is 0 Å². The summed E-state index contributed by atoms with van der Waals surface area (Å²) < 4.78 is 0. The van der Waals surface area contributed by atoms with Crippen molar-refractivity contribution in [3.05, 3.63) is 161 Å². The maximum Gasteiger partial charge on any atom is 0.276 e. The van der Waals surface area contributed by atoms with E-state index in [1.807, 2.05) is 0 Å². The molecule has 7 aromatic rings. The van der Waals surface area contributed by atoms with Gasteiger partial charge < -0.3 is 9.80 Å². The Morgan fingerprint density at radius 1 is 0.484 bits per heavy atom. The molecule has 2 aliphatic rings. The summed E-state index contributed by atoms with van der Waals surface area (Å²) in [6.07, 6.45) is 0. The lowest BCUT2D eigenvalue weighted by Crippen LogP contribution is -2.61. The summed E-state index contributed by atoms with van der Waals surface area (Å²) in [4.78, 5) is 13.3. The fraction of sp³-hybridized carbons (Fsp3) is 0.304. The number of aromatic nitrogens is 1. The van der Waals surface area contributed by atoms with Crippen molar-refractivity contribution in [1.29, 1.82) is 0 Å². The smallest absolute Gasteiger partial charge is 0.276 e. The highest BCUT2D eigenvalue weighted by molar-refractivity contribution is 7.23. The van der Waals surface area contributed by atoms with Crippen LogP contribution >= 0.6 is 11.3 Å². The van der Waals surface area contributed by atoms with E-state index in [0.29, 0.717) is 0 Å². The second-order valence-corrected chi connectivity index (χ2v) is 22.6. The van der Waals surface area contributed by atoms with Gasteiger partial charge in [0.25, 0.3) is 6.71 Å². The first kappa shape index (κ1) is 41.8. The standard InChI is InChI=1S/C56H61BN4S/c1-36-30-47-49-48(31-36)61(44-33-39(55(8,9)10)32-40(34-44)56(11,12)13)51-50(58-52(62-51)59(41-20-16-14-17-21-41)42-22-18-15-19-23-42)57(49)45-35-38(54(5,6)7)26-29-46(45)60(47)43-27-24-37(25-28-43)53(2,3)4/h14-35H,1-13H3. The summed E-state index contributed by atoms with van der Waals surface area (Å²) in [6, 6.07) is 50.1. The number of anilines is 9. The van der Waals surface area contributed by atoms with E-state index in [1.165, 1.54) is 61.5 Å². The van der Waals surface area contributed by atoms with Gasteiger partial charge >= 0.3 is 0 Å². The molecule has 6 heteroatoms. The first-order valence-electron chi connectivity index (χ1n) is 22.3.